The molecule has 0 saturated carbocycles. The van der Waals surface area contributed by atoms with Gasteiger partial charge in [-0.2, -0.15) is 0 Å². The van der Waals surface area contributed by atoms with Crippen LogP contribution in [0.5, 0.6) is 0 Å². The standard InChI is InChI=1S/C13H21NO11/c1-5(16)24-4-7(18)10(20)11-9(14-8(19)3-15)6(17)2-13(23,25-11)12(21)22/h6-7,9-11,15,17-18,20,23H,2-4H2,1H3,(H,14,19)(H,21,22)/t6-,7?,9-,10?,11?,13+/m1/s1. The highest BCUT2D eigenvalue weighted by Crippen LogP contribution is 2.30. The summed E-state index contributed by atoms with van der Waals surface area (Å²) in [7, 11) is 0. The molecular weight excluding hydrogens is 346 g/mol. The van der Waals surface area contributed by atoms with Crippen molar-refractivity contribution < 1.29 is 54.5 Å². The fourth-order valence-corrected chi connectivity index (χ4v) is 2.33. The molecule has 1 heterocycles. The van der Waals surface area contributed by atoms with Gasteiger partial charge in [0.2, 0.25) is 5.91 Å². The van der Waals surface area contributed by atoms with Crippen molar-refractivity contribution in [3.63, 3.8) is 0 Å². The number of nitrogens with one attached hydrogen (secondary N) is 1. The number of hydrogen-bond acceptors (Lipinski definition) is 10. The van der Waals surface area contributed by atoms with Gasteiger partial charge >= 0.3 is 11.9 Å². The highest BCUT2D eigenvalue weighted by Gasteiger charge is 2.54. The first kappa shape index (κ1) is 21.2. The lowest BCUT2D eigenvalue weighted by Gasteiger charge is -2.44. The predicted molar refractivity (Wildman–Crippen MR) is 75.7 cm³/mol. The summed E-state index contributed by atoms with van der Waals surface area (Å²) in [6.07, 6.45) is -8.05. The molecule has 0 bridgehead atoms. The normalized spacial score (nSPS) is 31.7. The Bertz CT molecular complexity index is 512. The third-order valence-corrected chi connectivity index (χ3v) is 3.58. The third-order valence-electron chi connectivity index (χ3n) is 3.58. The van der Waals surface area contributed by atoms with Crippen molar-refractivity contribution in [2.45, 2.75) is 49.6 Å². The Balaban J connectivity index is 3.03. The zero-order valence-corrected chi connectivity index (χ0v) is 13.2. The summed E-state index contributed by atoms with van der Waals surface area (Å²) < 4.78 is 9.41. The highest BCUT2D eigenvalue weighted by molar-refractivity contribution is 5.78. The van der Waals surface area contributed by atoms with E-state index < -0.39 is 73.7 Å². The first-order valence-electron chi connectivity index (χ1n) is 7.23. The van der Waals surface area contributed by atoms with Gasteiger partial charge in [-0.1, -0.05) is 0 Å². The summed E-state index contributed by atoms with van der Waals surface area (Å²) in [5.41, 5.74) is 0. The molecule has 0 radical (unpaired) electrons. The van der Waals surface area contributed by atoms with Crippen molar-refractivity contribution in [2.75, 3.05) is 13.2 Å². The Morgan fingerprint density at radius 1 is 1.36 bits per heavy atom. The minimum Gasteiger partial charge on any atom is -0.477 e. The number of aliphatic hydroxyl groups excluding tert-OH is 4. The van der Waals surface area contributed by atoms with Gasteiger partial charge in [0.25, 0.3) is 5.79 Å². The Kier molecular flexibility index (Phi) is 7.22. The molecule has 12 nitrogen and oxygen atoms in total. The van der Waals surface area contributed by atoms with Crippen LogP contribution in [0.2, 0.25) is 0 Å². The molecule has 0 spiro atoms. The molecule has 1 fully saturated rings. The molecular formula is C13H21NO11. The quantitative estimate of drug-likeness (QED) is 0.214. The number of hydrogen-bond donors (Lipinski definition) is 7. The molecule has 0 aromatic heterocycles. The van der Waals surface area contributed by atoms with E-state index in [1.54, 1.807) is 0 Å². The molecule has 12 heteroatoms. The maximum absolute atomic E-state index is 11.4. The van der Waals surface area contributed by atoms with Gasteiger partial charge < -0.3 is 45.4 Å². The number of aliphatic hydroxyl groups is 5. The average molecular weight is 367 g/mol. The number of carboxylic acids is 1. The van der Waals surface area contributed by atoms with Crippen LogP contribution in [-0.2, 0) is 23.9 Å². The van der Waals surface area contributed by atoms with Crippen LogP contribution in [0, 0.1) is 0 Å². The molecule has 0 aliphatic carbocycles. The van der Waals surface area contributed by atoms with E-state index in [0.717, 1.165) is 6.92 Å². The summed E-state index contributed by atoms with van der Waals surface area (Å²) in [5, 5.41) is 59.8. The van der Waals surface area contributed by atoms with E-state index >= 15 is 0 Å². The van der Waals surface area contributed by atoms with Gasteiger partial charge in [-0.3, -0.25) is 9.59 Å². The first-order valence-corrected chi connectivity index (χ1v) is 7.23. The van der Waals surface area contributed by atoms with E-state index in [-0.39, 0.29) is 0 Å². The molecule has 0 aromatic carbocycles. The molecule has 25 heavy (non-hydrogen) atoms. The zero-order chi connectivity index (χ0) is 19.4. The highest BCUT2D eigenvalue weighted by atomic mass is 16.7. The molecule has 1 rings (SSSR count). The van der Waals surface area contributed by atoms with Crippen molar-refractivity contribution in [2.24, 2.45) is 0 Å². The average Bonchev–Trinajstić information content (AvgIpc) is 2.53. The molecule has 144 valence electrons. The molecule has 3 unspecified atom stereocenters. The maximum Gasteiger partial charge on any atom is 0.364 e. The van der Waals surface area contributed by atoms with Crippen LogP contribution >= 0.6 is 0 Å². The van der Waals surface area contributed by atoms with Crippen LogP contribution in [0.3, 0.4) is 0 Å². The molecule has 7 N–H and O–H groups in total. The van der Waals surface area contributed by atoms with Crippen molar-refractivity contribution in [1.82, 2.24) is 5.32 Å². The minimum absolute atomic E-state index is 0.682. The van der Waals surface area contributed by atoms with Gasteiger partial charge in [-0.15, -0.1) is 0 Å². The molecule has 0 aromatic rings. The zero-order valence-electron chi connectivity index (χ0n) is 13.2. The van der Waals surface area contributed by atoms with E-state index in [4.69, 9.17) is 14.9 Å². The number of carbonyl (C=O) groups excluding carboxylic acids is 2. The Labute approximate surface area is 141 Å². The summed E-state index contributed by atoms with van der Waals surface area (Å²) in [5.74, 6) is -6.47. The lowest BCUT2D eigenvalue weighted by Crippen LogP contribution is -2.67. The number of rotatable bonds is 7. The third kappa shape index (κ3) is 5.32. The topological polar surface area (TPSA) is 203 Å². The van der Waals surface area contributed by atoms with Gasteiger partial charge in [-0.05, 0) is 0 Å². The van der Waals surface area contributed by atoms with Crippen molar-refractivity contribution >= 4 is 17.8 Å². The molecule has 1 saturated heterocycles. The van der Waals surface area contributed by atoms with Gasteiger partial charge in [0.1, 0.15) is 31.5 Å². The first-order chi connectivity index (χ1) is 11.5. The second kappa shape index (κ2) is 8.51. The second-order valence-electron chi connectivity index (χ2n) is 5.56. The van der Waals surface area contributed by atoms with Gasteiger partial charge in [0.15, 0.2) is 0 Å². The molecule has 1 aliphatic rings. The molecule has 1 aliphatic heterocycles. The van der Waals surface area contributed by atoms with E-state index in [9.17, 15) is 34.8 Å². The van der Waals surface area contributed by atoms with Crippen molar-refractivity contribution in [1.29, 1.82) is 0 Å². The van der Waals surface area contributed by atoms with E-state index in [0.29, 0.717) is 0 Å². The van der Waals surface area contributed by atoms with Crippen molar-refractivity contribution in [3.8, 4) is 0 Å². The number of aliphatic carboxylic acids is 1. The van der Waals surface area contributed by atoms with Gasteiger partial charge in [-0.25, -0.2) is 4.79 Å². The molecule has 6 atom stereocenters. The van der Waals surface area contributed by atoms with Crippen LogP contribution in [0.1, 0.15) is 13.3 Å². The SMILES string of the molecule is CC(=O)OCC(O)C(O)C1O[C@](O)(C(=O)O)C[C@@H](O)[C@H]1NC(=O)CO. The van der Waals surface area contributed by atoms with Crippen LogP contribution < -0.4 is 5.32 Å². The van der Waals surface area contributed by atoms with Gasteiger partial charge in [0, 0.05) is 13.3 Å². The lowest BCUT2D eigenvalue weighted by atomic mass is 9.88. The summed E-state index contributed by atoms with van der Waals surface area (Å²) in [4.78, 5) is 33.2. The van der Waals surface area contributed by atoms with Gasteiger partial charge in [0.05, 0.1) is 12.1 Å². The van der Waals surface area contributed by atoms with E-state index in [1.807, 2.05) is 0 Å². The van der Waals surface area contributed by atoms with E-state index in [2.05, 4.69) is 10.1 Å². The summed E-state index contributed by atoms with van der Waals surface area (Å²) in [6, 6.07) is -1.46. The fourth-order valence-electron chi connectivity index (χ4n) is 2.33. The Morgan fingerprint density at radius 2 is 1.96 bits per heavy atom. The maximum atomic E-state index is 11.4. The van der Waals surface area contributed by atoms with Crippen LogP contribution in [0.15, 0.2) is 0 Å². The number of amides is 1. The van der Waals surface area contributed by atoms with E-state index in [1.165, 1.54) is 0 Å². The monoisotopic (exact) mass is 367 g/mol. The second-order valence-corrected chi connectivity index (χ2v) is 5.56. The van der Waals surface area contributed by atoms with Crippen LogP contribution in [0.25, 0.3) is 0 Å². The van der Waals surface area contributed by atoms with Crippen LogP contribution in [0.4, 0.5) is 0 Å². The Hall–Kier alpha value is -1.83. The Morgan fingerprint density at radius 3 is 2.44 bits per heavy atom. The molecule has 1 amide bonds. The fraction of sp³-hybridized carbons (Fsp3) is 0.769. The number of ether oxygens (including phenoxy) is 2. The largest absolute Gasteiger partial charge is 0.477 e. The summed E-state index contributed by atoms with van der Waals surface area (Å²) in [6.45, 7) is -0.600. The number of carbonyl (C=O) groups is 3. The summed E-state index contributed by atoms with van der Waals surface area (Å²) >= 11 is 0. The lowest BCUT2D eigenvalue weighted by molar-refractivity contribution is -0.295. The smallest absolute Gasteiger partial charge is 0.364 e. The number of esters is 1. The van der Waals surface area contributed by atoms with Crippen molar-refractivity contribution in [3.05, 3.63) is 0 Å². The number of carboxylic acid groups (broad SMARTS) is 1. The van der Waals surface area contributed by atoms with Crippen LogP contribution in [-0.4, -0.2) is 97.9 Å². The predicted octanol–water partition coefficient (Wildman–Crippen LogP) is -4.33. The minimum atomic E-state index is -2.88.